The van der Waals surface area contributed by atoms with Crippen molar-refractivity contribution >= 4 is 0 Å². The minimum absolute atomic E-state index is 0.0916. The smallest absolute Gasteiger partial charge is 0.416 e. The van der Waals surface area contributed by atoms with Gasteiger partial charge in [0.05, 0.1) is 29.7 Å². The van der Waals surface area contributed by atoms with Gasteiger partial charge in [0.15, 0.2) is 5.75 Å². The van der Waals surface area contributed by atoms with E-state index in [1.54, 1.807) is 6.92 Å². The Morgan fingerprint density at radius 1 is 1.40 bits per heavy atom. The van der Waals surface area contributed by atoms with E-state index < -0.39 is 17.8 Å². The molecule has 0 amide bonds. The zero-order valence-corrected chi connectivity index (χ0v) is 10.6. The fraction of sp³-hybridized carbons (Fsp3) is 0.308. The summed E-state index contributed by atoms with van der Waals surface area (Å²) in [6, 6.07) is 4.83. The van der Waals surface area contributed by atoms with Crippen LogP contribution in [0.15, 0.2) is 36.7 Å². The Hall–Kier alpha value is -2.02. The molecule has 0 saturated heterocycles. The number of benzene rings is 1. The lowest BCUT2D eigenvalue weighted by molar-refractivity contribution is -0.137. The van der Waals surface area contributed by atoms with Gasteiger partial charge in [-0.25, -0.2) is 4.68 Å². The van der Waals surface area contributed by atoms with Gasteiger partial charge in [0.2, 0.25) is 0 Å². The monoisotopic (exact) mass is 286 g/mol. The van der Waals surface area contributed by atoms with Crippen LogP contribution >= 0.6 is 0 Å². The lowest BCUT2D eigenvalue weighted by atomic mass is 10.2. The molecule has 1 unspecified atom stereocenters. The molecule has 0 saturated carbocycles. The van der Waals surface area contributed by atoms with Crippen LogP contribution in [0.2, 0.25) is 0 Å². The topological polar surface area (TPSA) is 47.3 Å². The Kier molecular flexibility index (Phi) is 3.99. The lowest BCUT2D eigenvalue weighted by Gasteiger charge is -2.08. The van der Waals surface area contributed by atoms with Crippen molar-refractivity contribution in [2.75, 3.05) is 6.61 Å². The number of hydrogen-bond donors (Lipinski definition) is 1. The zero-order chi connectivity index (χ0) is 14.8. The maximum atomic E-state index is 12.6. The molecule has 0 aliphatic rings. The Morgan fingerprint density at radius 2 is 2.15 bits per heavy atom. The minimum Gasteiger partial charge on any atom is -0.488 e. The summed E-state index contributed by atoms with van der Waals surface area (Å²) in [6.45, 7) is 1.66. The van der Waals surface area contributed by atoms with Gasteiger partial charge < -0.3 is 9.84 Å². The van der Waals surface area contributed by atoms with Crippen molar-refractivity contribution in [2.24, 2.45) is 0 Å². The second-order valence-electron chi connectivity index (χ2n) is 4.33. The molecule has 1 aromatic carbocycles. The number of alkyl halides is 3. The van der Waals surface area contributed by atoms with Gasteiger partial charge in [0.25, 0.3) is 0 Å². The first kappa shape index (κ1) is 14.4. The van der Waals surface area contributed by atoms with E-state index in [9.17, 15) is 13.2 Å². The van der Waals surface area contributed by atoms with Crippen LogP contribution in [-0.4, -0.2) is 27.6 Å². The summed E-state index contributed by atoms with van der Waals surface area (Å²) in [5.74, 6) is 0.378. The fourth-order valence-corrected chi connectivity index (χ4v) is 1.56. The summed E-state index contributed by atoms with van der Waals surface area (Å²) < 4.78 is 44.3. The first-order chi connectivity index (χ1) is 9.36. The van der Waals surface area contributed by atoms with Crippen LogP contribution in [-0.2, 0) is 6.18 Å². The molecule has 0 radical (unpaired) electrons. The molecule has 7 heteroatoms. The molecular weight excluding hydrogens is 273 g/mol. The number of aliphatic hydroxyl groups excluding tert-OH is 1. The third-order valence-corrected chi connectivity index (χ3v) is 2.49. The van der Waals surface area contributed by atoms with Gasteiger partial charge in [-0.3, -0.25) is 0 Å². The molecule has 2 rings (SSSR count). The number of hydrogen-bond acceptors (Lipinski definition) is 3. The highest BCUT2D eigenvalue weighted by Gasteiger charge is 2.30. The molecule has 0 fully saturated rings. The van der Waals surface area contributed by atoms with Crippen molar-refractivity contribution in [3.05, 3.63) is 42.2 Å². The zero-order valence-electron chi connectivity index (χ0n) is 10.6. The van der Waals surface area contributed by atoms with Gasteiger partial charge in [-0.1, -0.05) is 6.07 Å². The van der Waals surface area contributed by atoms with Crippen LogP contribution < -0.4 is 4.74 Å². The summed E-state index contributed by atoms with van der Waals surface area (Å²) in [5.41, 5.74) is -0.455. The molecule has 108 valence electrons. The van der Waals surface area contributed by atoms with Crippen LogP contribution in [0.3, 0.4) is 0 Å². The lowest BCUT2D eigenvalue weighted by Crippen LogP contribution is -2.12. The first-order valence-corrected chi connectivity index (χ1v) is 5.89. The highest BCUT2D eigenvalue weighted by atomic mass is 19.4. The van der Waals surface area contributed by atoms with E-state index in [0.29, 0.717) is 5.75 Å². The Balaban J connectivity index is 2.20. The number of aromatic nitrogens is 2. The Labute approximate surface area is 113 Å². The molecular formula is C13H13F3N2O2. The third kappa shape index (κ3) is 3.51. The molecule has 1 atom stereocenters. The van der Waals surface area contributed by atoms with E-state index in [1.165, 1.54) is 29.2 Å². The van der Waals surface area contributed by atoms with E-state index in [1.807, 2.05) is 0 Å². The number of rotatable bonds is 4. The molecule has 20 heavy (non-hydrogen) atoms. The molecule has 2 aromatic rings. The average Bonchev–Trinajstić information content (AvgIpc) is 2.84. The van der Waals surface area contributed by atoms with Crippen molar-refractivity contribution in [1.29, 1.82) is 0 Å². The maximum Gasteiger partial charge on any atom is 0.416 e. The van der Waals surface area contributed by atoms with Crippen molar-refractivity contribution in [2.45, 2.75) is 19.2 Å². The van der Waals surface area contributed by atoms with E-state index in [-0.39, 0.29) is 12.3 Å². The number of ether oxygens (including phenoxy) is 1. The predicted octanol–water partition coefficient (Wildman–Crippen LogP) is 2.65. The molecule has 1 N–H and O–H groups in total. The van der Waals surface area contributed by atoms with Crippen LogP contribution in [0.25, 0.3) is 5.69 Å². The summed E-state index contributed by atoms with van der Waals surface area (Å²) in [4.78, 5) is 0. The van der Waals surface area contributed by atoms with Crippen molar-refractivity contribution < 1.29 is 23.0 Å². The van der Waals surface area contributed by atoms with Crippen LogP contribution in [0.4, 0.5) is 13.2 Å². The van der Waals surface area contributed by atoms with Crippen molar-refractivity contribution in [1.82, 2.24) is 9.78 Å². The molecule has 1 heterocycles. The molecule has 0 spiro atoms. The van der Waals surface area contributed by atoms with Gasteiger partial charge in [-0.05, 0) is 25.1 Å². The van der Waals surface area contributed by atoms with Crippen LogP contribution in [0.1, 0.15) is 12.5 Å². The molecule has 0 aliphatic heterocycles. The molecule has 4 nitrogen and oxygen atoms in total. The summed E-state index contributed by atoms with van der Waals surface area (Å²) >= 11 is 0. The van der Waals surface area contributed by atoms with E-state index in [0.717, 1.165) is 12.1 Å². The number of halogens is 3. The molecule has 0 aliphatic carbocycles. The highest BCUT2D eigenvalue weighted by Crippen LogP contribution is 2.30. The molecule has 1 aromatic heterocycles. The quantitative estimate of drug-likeness (QED) is 0.940. The van der Waals surface area contributed by atoms with Gasteiger partial charge >= 0.3 is 6.18 Å². The summed E-state index contributed by atoms with van der Waals surface area (Å²) in [5, 5.41) is 13.0. The SMILES string of the molecule is CC(O)COc1cnn(-c2cccc(C(F)(F)F)c2)c1. The van der Waals surface area contributed by atoms with Gasteiger partial charge in [-0.2, -0.15) is 18.3 Å². The second-order valence-corrected chi connectivity index (χ2v) is 4.33. The summed E-state index contributed by atoms with van der Waals surface area (Å²) in [6.07, 6.45) is -2.19. The Bertz CT molecular complexity index is 579. The minimum atomic E-state index is -4.39. The normalized spacial score (nSPS) is 13.2. The molecule has 0 bridgehead atoms. The van der Waals surface area contributed by atoms with E-state index >= 15 is 0 Å². The van der Waals surface area contributed by atoms with E-state index in [2.05, 4.69) is 5.10 Å². The standard InChI is InChI=1S/C13H13F3N2O2/c1-9(19)8-20-12-6-17-18(7-12)11-4-2-3-10(5-11)13(14,15)16/h2-7,9,19H,8H2,1H3. The summed E-state index contributed by atoms with van der Waals surface area (Å²) in [7, 11) is 0. The maximum absolute atomic E-state index is 12.6. The van der Waals surface area contributed by atoms with E-state index in [4.69, 9.17) is 9.84 Å². The van der Waals surface area contributed by atoms with Crippen LogP contribution in [0, 0.1) is 0 Å². The van der Waals surface area contributed by atoms with Crippen molar-refractivity contribution in [3.63, 3.8) is 0 Å². The first-order valence-electron chi connectivity index (χ1n) is 5.89. The van der Waals surface area contributed by atoms with Gasteiger partial charge in [0.1, 0.15) is 6.61 Å². The highest BCUT2D eigenvalue weighted by molar-refractivity contribution is 5.37. The van der Waals surface area contributed by atoms with Crippen molar-refractivity contribution in [3.8, 4) is 11.4 Å². The van der Waals surface area contributed by atoms with Gasteiger partial charge in [0, 0.05) is 0 Å². The van der Waals surface area contributed by atoms with Gasteiger partial charge in [-0.15, -0.1) is 0 Å². The predicted molar refractivity (Wildman–Crippen MR) is 65.7 cm³/mol. The largest absolute Gasteiger partial charge is 0.488 e. The number of nitrogens with zero attached hydrogens (tertiary/aromatic N) is 2. The average molecular weight is 286 g/mol. The third-order valence-electron chi connectivity index (χ3n) is 2.49. The van der Waals surface area contributed by atoms with Crippen LogP contribution in [0.5, 0.6) is 5.75 Å². The Morgan fingerprint density at radius 3 is 2.80 bits per heavy atom. The number of aliphatic hydroxyl groups is 1. The fourth-order valence-electron chi connectivity index (χ4n) is 1.56. The second kappa shape index (κ2) is 5.54.